The van der Waals surface area contributed by atoms with Crippen LogP contribution in [-0.4, -0.2) is 15.0 Å². The first-order valence-corrected chi connectivity index (χ1v) is 4.96. The summed E-state index contributed by atoms with van der Waals surface area (Å²) in [6, 6.07) is 7.83. The van der Waals surface area contributed by atoms with E-state index in [1.807, 2.05) is 30.5 Å². The van der Waals surface area contributed by atoms with Crippen molar-refractivity contribution in [1.29, 1.82) is 0 Å². The van der Waals surface area contributed by atoms with Crippen molar-refractivity contribution in [3.05, 3.63) is 40.6 Å². The summed E-state index contributed by atoms with van der Waals surface area (Å²) in [6.45, 7) is 0.413. The van der Waals surface area contributed by atoms with Gasteiger partial charge in [0, 0.05) is 11.0 Å². The Morgan fingerprint density at radius 1 is 1.27 bits per heavy atom. The van der Waals surface area contributed by atoms with Gasteiger partial charge in [0.1, 0.15) is 0 Å². The van der Waals surface area contributed by atoms with Crippen molar-refractivity contribution in [2.24, 2.45) is 5.73 Å². The minimum atomic E-state index is 0. The van der Waals surface area contributed by atoms with Crippen LogP contribution in [0.25, 0.3) is 5.69 Å². The molecular weight excluding hydrogens is 279 g/mol. The van der Waals surface area contributed by atoms with E-state index in [1.165, 1.54) is 0 Å². The summed E-state index contributed by atoms with van der Waals surface area (Å²) >= 11 is 3.37. The molecule has 0 aliphatic heterocycles. The van der Waals surface area contributed by atoms with Gasteiger partial charge in [-0.25, -0.2) is 4.68 Å². The molecule has 0 atom stereocenters. The summed E-state index contributed by atoms with van der Waals surface area (Å²) in [5.74, 6) is 0. The van der Waals surface area contributed by atoms with Crippen LogP contribution in [0.1, 0.15) is 5.69 Å². The quantitative estimate of drug-likeness (QED) is 0.919. The Kier molecular flexibility index (Phi) is 4.26. The van der Waals surface area contributed by atoms with Crippen LogP contribution >= 0.6 is 28.3 Å². The zero-order valence-electron chi connectivity index (χ0n) is 7.80. The van der Waals surface area contributed by atoms with Crippen molar-refractivity contribution >= 4 is 28.3 Å². The molecule has 0 unspecified atom stereocenters. The van der Waals surface area contributed by atoms with E-state index in [0.717, 1.165) is 15.9 Å². The van der Waals surface area contributed by atoms with Crippen LogP contribution in [-0.2, 0) is 6.54 Å². The molecule has 0 fully saturated rings. The van der Waals surface area contributed by atoms with Crippen LogP contribution in [0, 0.1) is 0 Å². The molecule has 2 rings (SSSR count). The molecule has 15 heavy (non-hydrogen) atoms. The Labute approximate surface area is 102 Å². The lowest BCUT2D eigenvalue weighted by atomic mass is 10.3. The molecule has 0 spiro atoms. The second kappa shape index (κ2) is 5.25. The maximum Gasteiger partial charge on any atom is 0.0967 e. The number of hydrogen-bond donors (Lipinski definition) is 1. The molecule has 1 heterocycles. The molecule has 2 N–H and O–H groups in total. The highest BCUT2D eigenvalue weighted by Gasteiger charge is 2.00. The Balaban J connectivity index is 0.00000112. The molecule has 0 saturated heterocycles. The van der Waals surface area contributed by atoms with E-state index in [1.54, 1.807) is 4.68 Å². The number of halogens is 2. The van der Waals surface area contributed by atoms with Gasteiger partial charge in [0.05, 0.1) is 17.6 Å². The Hall–Kier alpha value is -0.910. The van der Waals surface area contributed by atoms with E-state index < -0.39 is 0 Å². The van der Waals surface area contributed by atoms with Crippen LogP contribution in [0.2, 0.25) is 0 Å². The van der Waals surface area contributed by atoms with Crippen LogP contribution in [0.15, 0.2) is 34.9 Å². The van der Waals surface area contributed by atoms with Gasteiger partial charge < -0.3 is 5.73 Å². The fraction of sp³-hybridized carbons (Fsp3) is 0.111. The molecule has 0 bridgehead atoms. The molecule has 2 aromatic rings. The lowest BCUT2D eigenvalue weighted by Gasteiger charge is -1.98. The van der Waals surface area contributed by atoms with Gasteiger partial charge in [0.15, 0.2) is 0 Å². The predicted octanol–water partition coefficient (Wildman–Crippen LogP) is 1.91. The van der Waals surface area contributed by atoms with E-state index >= 15 is 0 Å². The van der Waals surface area contributed by atoms with Crippen molar-refractivity contribution in [2.75, 3.05) is 0 Å². The summed E-state index contributed by atoms with van der Waals surface area (Å²) in [5, 5.41) is 7.87. The molecule has 1 aromatic heterocycles. The number of benzene rings is 1. The third-order valence-corrected chi connectivity index (χ3v) is 2.37. The van der Waals surface area contributed by atoms with Crippen molar-refractivity contribution in [3.63, 3.8) is 0 Å². The smallest absolute Gasteiger partial charge is 0.0967 e. The maximum absolute atomic E-state index is 5.44. The molecule has 0 saturated carbocycles. The molecule has 0 aliphatic carbocycles. The molecular formula is C9H10BrClN4. The summed E-state index contributed by atoms with van der Waals surface area (Å²) in [6.07, 6.45) is 1.82. The van der Waals surface area contributed by atoms with Gasteiger partial charge >= 0.3 is 0 Å². The van der Waals surface area contributed by atoms with Gasteiger partial charge in [-0.2, -0.15) is 0 Å². The number of rotatable bonds is 2. The third-order valence-electron chi connectivity index (χ3n) is 1.84. The van der Waals surface area contributed by atoms with Crippen LogP contribution in [0.4, 0.5) is 0 Å². The summed E-state index contributed by atoms with van der Waals surface area (Å²) in [4.78, 5) is 0. The average molecular weight is 290 g/mol. The Morgan fingerprint density at radius 2 is 1.93 bits per heavy atom. The second-order valence-electron chi connectivity index (χ2n) is 2.83. The average Bonchev–Trinajstić information content (AvgIpc) is 2.67. The van der Waals surface area contributed by atoms with Gasteiger partial charge in [-0.05, 0) is 24.3 Å². The standard InChI is InChI=1S/C9H9BrN4.ClH/c10-7-1-3-9(4-2-7)14-6-8(5-11)12-13-14;/h1-4,6H,5,11H2;1H. The largest absolute Gasteiger partial charge is 0.325 e. The molecule has 6 heteroatoms. The lowest BCUT2D eigenvalue weighted by molar-refractivity contribution is 0.796. The van der Waals surface area contributed by atoms with Crippen molar-refractivity contribution in [2.45, 2.75) is 6.54 Å². The Morgan fingerprint density at radius 3 is 2.47 bits per heavy atom. The van der Waals surface area contributed by atoms with Gasteiger partial charge in [0.25, 0.3) is 0 Å². The SMILES string of the molecule is Cl.NCc1cn(-c2ccc(Br)cc2)nn1. The fourth-order valence-corrected chi connectivity index (χ4v) is 1.38. The van der Waals surface area contributed by atoms with E-state index in [0.29, 0.717) is 6.54 Å². The molecule has 0 aliphatic rings. The van der Waals surface area contributed by atoms with Gasteiger partial charge in [0.2, 0.25) is 0 Å². The molecule has 1 aromatic carbocycles. The highest BCUT2D eigenvalue weighted by atomic mass is 79.9. The van der Waals surface area contributed by atoms with E-state index in [4.69, 9.17) is 5.73 Å². The van der Waals surface area contributed by atoms with Crippen LogP contribution < -0.4 is 5.73 Å². The number of nitrogens with zero attached hydrogens (tertiary/aromatic N) is 3. The van der Waals surface area contributed by atoms with E-state index in [-0.39, 0.29) is 12.4 Å². The first-order valence-electron chi connectivity index (χ1n) is 4.17. The van der Waals surface area contributed by atoms with Gasteiger partial charge in [-0.1, -0.05) is 21.1 Å². The predicted molar refractivity (Wildman–Crippen MR) is 64.2 cm³/mol. The lowest BCUT2D eigenvalue weighted by Crippen LogP contribution is -1.95. The maximum atomic E-state index is 5.44. The topological polar surface area (TPSA) is 56.7 Å². The summed E-state index contributed by atoms with van der Waals surface area (Å²) < 4.78 is 2.75. The Bertz CT molecular complexity index is 426. The first-order chi connectivity index (χ1) is 6.79. The summed E-state index contributed by atoms with van der Waals surface area (Å²) in [5.41, 5.74) is 7.20. The van der Waals surface area contributed by atoms with Crippen molar-refractivity contribution in [1.82, 2.24) is 15.0 Å². The monoisotopic (exact) mass is 288 g/mol. The zero-order chi connectivity index (χ0) is 9.97. The second-order valence-corrected chi connectivity index (χ2v) is 3.75. The number of hydrogen-bond acceptors (Lipinski definition) is 3. The van der Waals surface area contributed by atoms with E-state index in [9.17, 15) is 0 Å². The first kappa shape index (κ1) is 12.2. The number of aromatic nitrogens is 3. The molecule has 0 radical (unpaired) electrons. The molecule has 80 valence electrons. The fourth-order valence-electron chi connectivity index (χ4n) is 1.11. The van der Waals surface area contributed by atoms with Crippen molar-refractivity contribution in [3.8, 4) is 5.69 Å². The van der Waals surface area contributed by atoms with E-state index in [2.05, 4.69) is 26.2 Å². The van der Waals surface area contributed by atoms with Crippen LogP contribution in [0.5, 0.6) is 0 Å². The minimum Gasteiger partial charge on any atom is -0.325 e. The number of nitrogens with two attached hydrogens (primary N) is 1. The highest BCUT2D eigenvalue weighted by molar-refractivity contribution is 9.10. The highest BCUT2D eigenvalue weighted by Crippen LogP contribution is 2.13. The van der Waals surface area contributed by atoms with Gasteiger partial charge in [-0.3, -0.25) is 0 Å². The van der Waals surface area contributed by atoms with Crippen molar-refractivity contribution < 1.29 is 0 Å². The third kappa shape index (κ3) is 2.77. The molecule has 0 amide bonds. The molecule has 4 nitrogen and oxygen atoms in total. The van der Waals surface area contributed by atoms with Gasteiger partial charge in [-0.15, -0.1) is 17.5 Å². The zero-order valence-corrected chi connectivity index (χ0v) is 10.2. The minimum absolute atomic E-state index is 0. The summed E-state index contributed by atoms with van der Waals surface area (Å²) in [7, 11) is 0. The van der Waals surface area contributed by atoms with Crippen LogP contribution in [0.3, 0.4) is 0 Å². The normalized spacial score (nSPS) is 9.73.